The van der Waals surface area contributed by atoms with Gasteiger partial charge in [0.25, 0.3) is 23.6 Å². The molecule has 5 aromatic carbocycles. The molecule has 7 aromatic rings. The summed E-state index contributed by atoms with van der Waals surface area (Å²) in [4.78, 5) is 80.8. The van der Waals surface area contributed by atoms with Gasteiger partial charge in [-0.3, -0.25) is 33.8 Å². The predicted molar refractivity (Wildman–Crippen MR) is 402 cm³/mol. The molecule has 9 aliphatic carbocycles. The molecule has 112 heavy (non-hydrogen) atoms. The molecule has 0 saturated heterocycles. The molecule has 3 aliphatic heterocycles. The van der Waals surface area contributed by atoms with Gasteiger partial charge in [0.1, 0.15) is 46.1 Å². The Kier molecular flexibility index (Phi) is 21.3. The SMILES string of the molecule is CC(F)(F)c1ccc(-n2cc(C(=O)NC34CC(CC(=O)[C@H]5C[C@@H](O)c6cc(Cl)ccc6O5)(C3)C4)cn2)cn1.Cc1ccc(OCC(=O)NC23CC(CC(=O)[C@@H]4C[C@@H](NS(C)(=O)=O)c5cc(Cl)ccc5O4)(C2)C3)cc1F.Cc1ccc(OCC(=O)NC23CC(CC(=O)[C@H]4C[C@H](NS(C)(=O)=O)c5cc(Cl)ccc5O4)(C2)C3)cc1F. The molecule has 594 valence electrons. The van der Waals surface area contributed by atoms with Crippen molar-refractivity contribution in [1.29, 1.82) is 0 Å². The number of hydrogen-bond acceptors (Lipinski definition) is 18. The Balaban J connectivity index is 0.000000140. The summed E-state index contributed by atoms with van der Waals surface area (Å²) in [6.45, 7) is 3.64. The van der Waals surface area contributed by atoms with E-state index < -0.39 is 74.1 Å². The standard InChI is InChI=1S/C27H25ClF2N4O4.2C26H28ClFN2O6S/c1-25(29,30)23-5-3-17(10-31-23)34-11-15(9-32-34)24(37)33-27-12-26(13-27,14-27)8-20(36)22-7-19(35)18-6-16(28)2-4-21(18)38-22;2*1-15-3-5-17(8-19(15)28)35-11-24(32)29-26-12-25(13-26,14-26)10-21(31)23-9-20(30-37(2,33)34)18-7-16(27)4-6-22(18)36-23/h2-6,9-11,19,22,35H,7-8,12-14H2,1H3,(H,33,37);2*3-8,20,23,30H,9-14H2,1-2H3,(H,29,32)/t19-,22-,26?,27?;2*20-,23+,25?,26?/m110/s1. The highest BCUT2D eigenvalue weighted by atomic mass is 35.5. The summed E-state index contributed by atoms with van der Waals surface area (Å²) >= 11 is 18.2. The van der Waals surface area contributed by atoms with Crippen LogP contribution in [0.25, 0.3) is 5.69 Å². The van der Waals surface area contributed by atoms with Gasteiger partial charge >= 0.3 is 0 Å². The molecule has 9 saturated carbocycles. The van der Waals surface area contributed by atoms with E-state index in [0.29, 0.717) is 148 Å². The third kappa shape index (κ3) is 17.5. The molecule has 19 rings (SSSR count). The number of ketones is 3. The molecule has 12 aliphatic rings. The number of nitrogens with zero attached hydrogens (tertiary/aromatic N) is 3. The third-order valence-electron chi connectivity index (χ3n) is 22.5. The summed E-state index contributed by atoms with van der Waals surface area (Å²) in [6.07, 6.45) is 10.9. The van der Waals surface area contributed by atoms with E-state index in [4.69, 9.17) is 58.5 Å². The van der Waals surface area contributed by atoms with Crippen LogP contribution >= 0.6 is 34.8 Å². The molecular formula is C79H81Cl3F4N8O16S2. The number of carbonyl (C=O) groups excluding carboxylic acids is 6. The fourth-order valence-corrected chi connectivity index (χ4v) is 20.0. The van der Waals surface area contributed by atoms with Gasteiger partial charge in [-0.1, -0.05) is 46.9 Å². The lowest BCUT2D eigenvalue weighted by molar-refractivity contribution is -0.176. The number of halogens is 7. The lowest BCUT2D eigenvalue weighted by Crippen LogP contribution is -2.75. The number of amides is 3. The Bertz CT molecular complexity index is 4940. The molecule has 33 heteroatoms. The number of benzene rings is 5. The van der Waals surface area contributed by atoms with Crippen molar-refractivity contribution in [3.8, 4) is 34.4 Å². The molecule has 2 aromatic heterocycles. The maximum atomic E-state index is 13.7. The highest BCUT2D eigenvalue weighted by molar-refractivity contribution is 7.89. The van der Waals surface area contributed by atoms with Crippen LogP contribution in [0.15, 0.2) is 122 Å². The van der Waals surface area contributed by atoms with Crippen LogP contribution in [0.2, 0.25) is 15.1 Å². The van der Waals surface area contributed by atoms with Gasteiger partial charge in [0, 0.05) is 112 Å². The summed E-state index contributed by atoms with van der Waals surface area (Å²) < 4.78 is 137. The second-order valence-corrected chi connectivity index (χ2v) is 37.1. The van der Waals surface area contributed by atoms with Gasteiger partial charge < -0.3 is 44.7 Å². The van der Waals surface area contributed by atoms with Gasteiger partial charge in [-0.25, -0.2) is 39.7 Å². The maximum absolute atomic E-state index is 13.7. The van der Waals surface area contributed by atoms with Gasteiger partial charge in [-0.15, -0.1) is 0 Å². The fraction of sp³-hybridized carbons (Fsp3) is 0.443. The summed E-state index contributed by atoms with van der Waals surface area (Å²) in [5.41, 5.74) is 1.71. The average molecular weight is 1650 g/mol. The van der Waals surface area contributed by atoms with E-state index in [-0.39, 0.29) is 118 Å². The van der Waals surface area contributed by atoms with Gasteiger partial charge in [-0.05, 0) is 178 Å². The summed E-state index contributed by atoms with van der Waals surface area (Å²) in [5, 5.41) is 25.1. The molecule has 5 heterocycles. The van der Waals surface area contributed by atoms with Crippen molar-refractivity contribution < 1.29 is 92.0 Å². The monoisotopic (exact) mass is 1640 g/mol. The number of pyridine rings is 1. The van der Waals surface area contributed by atoms with Crippen molar-refractivity contribution in [1.82, 2.24) is 40.2 Å². The van der Waals surface area contributed by atoms with Crippen LogP contribution in [0.4, 0.5) is 17.6 Å². The van der Waals surface area contributed by atoms with E-state index in [0.717, 1.165) is 19.4 Å². The highest BCUT2D eigenvalue weighted by Gasteiger charge is 2.71. The topological polar surface area (TPSA) is 328 Å². The molecule has 6 N–H and O–H groups in total. The minimum atomic E-state index is -3.52. The van der Waals surface area contributed by atoms with E-state index in [2.05, 4.69) is 35.5 Å². The largest absolute Gasteiger partial charge is 0.484 e. The van der Waals surface area contributed by atoms with Crippen LogP contribution in [0.1, 0.15) is 165 Å². The van der Waals surface area contributed by atoms with Crippen molar-refractivity contribution in [2.75, 3.05) is 25.7 Å². The van der Waals surface area contributed by atoms with Crippen LogP contribution in [0.5, 0.6) is 28.7 Å². The fourth-order valence-electron chi connectivity index (χ4n) is 18.0. The summed E-state index contributed by atoms with van der Waals surface area (Å²) in [6, 6.07) is 25.2. The van der Waals surface area contributed by atoms with E-state index >= 15 is 0 Å². The molecule has 6 bridgehead atoms. The minimum absolute atomic E-state index is 0.0500. The van der Waals surface area contributed by atoms with E-state index in [1.54, 1.807) is 92.7 Å². The number of Topliss-reactive ketones (excluding diaryl/α,β-unsaturated/α-hetero) is 3. The first-order valence-electron chi connectivity index (χ1n) is 36.3. The zero-order valence-corrected chi connectivity index (χ0v) is 65.3. The molecular weight excluding hydrogens is 1560 g/mol. The molecule has 24 nitrogen and oxygen atoms in total. The van der Waals surface area contributed by atoms with Crippen molar-refractivity contribution in [2.45, 2.75) is 176 Å². The van der Waals surface area contributed by atoms with Gasteiger partial charge in [-0.2, -0.15) is 13.9 Å². The number of sulfonamides is 2. The maximum Gasteiger partial charge on any atom is 0.286 e. The lowest BCUT2D eigenvalue weighted by Gasteiger charge is -2.70. The van der Waals surface area contributed by atoms with Crippen molar-refractivity contribution in [3.63, 3.8) is 0 Å². The Hall–Kier alpha value is -8.75. The Morgan fingerprint density at radius 3 is 1.33 bits per heavy atom. The van der Waals surface area contributed by atoms with Crippen molar-refractivity contribution in [3.05, 3.63) is 187 Å². The first-order chi connectivity index (χ1) is 52.6. The van der Waals surface area contributed by atoms with E-state index in [9.17, 15) is 68.3 Å². The van der Waals surface area contributed by atoms with E-state index in [1.807, 2.05) is 0 Å². The summed E-state index contributed by atoms with van der Waals surface area (Å²) in [7, 11) is -7.05. The van der Waals surface area contributed by atoms with Gasteiger partial charge in [0.05, 0.1) is 54.3 Å². The van der Waals surface area contributed by atoms with Crippen LogP contribution in [-0.2, 0) is 49.9 Å². The Morgan fingerprint density at radius 2 is 0.946 bits per heavy atom. The van der Waals surface area contributed by atoms with Gasteiger partial charge in [0.2, 0.25) is 20.0 Å². The third-order valence-corrected chi connectivity index (χ3v) is 24.7. The molecule has 9 fully saturated rings. The smallest absolute Gasteiger partial charge is 0.286 e. The number of ether oxygens (including phenoxy) is 5. The number of aromatic nitrogens is 3. The summed E-state index contributed by atoms with van der Waals surface area (Å²) in [5.74, 6) is -3.00. The molecule has 3 amide bonds. The van der Waals surface area contributed by atoms with Crippen molar-refractivity contribution >= 4 is 89.9 Å². The predicted octanol–water partition coefficient (Wildman–Crippen LogP) is 11.7. The zero-order valence-electron chi connectivity index (χ0n) is 61.4. The Morgan fingerprint density at radius 1 is 0.554 bits per heavy atom. The molecule has 0 radical (unpaired) electrons. The van der Waals surface area contributed by atoms with E-state index in [1.165, 1.54) is 47.5 Å². The average Bonchev–Trinajstić information content (AvgIpc) is 0.819. The second kappa shape index (κ2) is 29.9. The highest BCUT2D eigenvalue weighted by Crippen LogP contribution is 2.71. The number of nitrogens with one attached hydrogen (secondary N) is 5. The number of hydrogen-bond donors (Lipinski definition) is 6. The van der Waals surface area contributed by atoms with Crippen LogP contribution in [0.3, 0.4) is 0 Å². The molecule has 0 unspecified atom stereocenters. The molecule has 0 spiro atoms. The number of aryl methyl sites for hydroxylation is 2. The minimum Gasteiger partial charge on any atom is -0.484 e. The number of fused-ring (bicyclic) bond motifs is 3. The number of rotatable bonds is 25. The number of carbonyl (C=O) groups is 6. The molecule has 6 atom stereocenters. The van der Waals surface area contributed by atoms with Crippen LogP contribution < -0.4 is 49.1 Å². The van der Waals surface area contributed by atoms with Gasteiger partial charge in [0.15, 0.2) is 48.9 Å². The number of alkyl halides is 2. The van der Waals surface area contributed by atoms with Crippen molar-refractivity contribution in [2.24, 2.45) is 16.2 Å². The van der Waals surface area contributed by atoms with Crippen LogP contribution in [-0.4, -0.2) is 132 Å². The normalized spacial score (nSPS) is 27.6. The second-order valence-electron chi connectivity index (χ2n) is 32.2. The quantitative estimate of drug-likeness (QED) is 0.0290. The number of aliphatic hydroxyl groups is 1. The Labute approximate surface area is 658 Å². The van der Waals surface area contributed by atoms with Crippen LogP contribution in [0, 0.1) is 41.7 Å². The number of aliphatic hydroxyl groups excluding tert-OH is 1. The zero-order chi connectivity index (χ0) is 80.0. The lowest BCUT2D eigenvalue weighted by atomic mass is 9.38. The first kappa shape index (κ1) is 79.9. The first-order valence-corrected chi connectivity index (χ1v) is 41.3.